The molecule has 0 amide bonds. The summed E-state index contributed by atoms with van der Waals surface area (Å²) in [4.78, 5) is 6.39. The molecule has 3 heterocycles. The fourth-order valence-corrected chi connectivity index (χ4v) is 2.93. The Morgan fingerprint density at radius 3 is 3.24 bits per heavy atom. The number of nitriles is 1. The van der Waals surface area contributed by atoms with Gasteiger partial charge in [-0.25, -0.2) is 4.98 Å². The Labute approximate surface area is 101 Å². The first-order valence-electron chi connectivity index (χ1n) is 6.21. The molecule has 2 atom stereocenters. The molecule has 0 spiro atoms. The molecule has 1 aromatic heterocycles. The summed E-state index contributed by atoms with van der Waals surface area (Å²) in [5.74, 6) is 0.766. The molecule has 1 aromatic rings. The second-order valence-electron chi connectivity index (χ2n) is 4.88. The van der Waals surface area contributed by atoms with Gasteiger partial charge in [0.05, 0.1) is 0 Å². The zero-order valence-corrected chi connectivity index (χ0v) is 9.76. The van der Waals surface area contributed by atoms with Crippen molar-refractivity contribution >= 4 is 5.69 Å². The van der Waals surface area contributed by atoms with Gasteiger partial charge in [-0.1, -0.05) is 0 Å². The highest BCUT2D eigenvalue weighted by Crippen LogP contribution is 2.28. The number of nitrogens with one attached hydrogen (secondary N) is 1. The SMILES string of the molecule is N#Cc1cc(N2C[C@@H]3CCCN[C@@H]3C2)ccn1. The lowest BCUT2D eigenvalue weighted by Gasteiger charge is -2.24. The van der Waals surface area contributed by atoms with Gasteiger partial charge in [0.15, 0.2) is 0 Å². The average molecular weight is 228 g/mol. The molecule has 2 saturated heterocycles. The molecule has 17 heavy (non-hydrogen) atoms. The van der Waals surface area contributed by atoms with Crippen molar-refractivity contribution in [2.75, 3.05) is 24.5 Å². The lowest BCUT2D eigenvalue weighted by molar-refractivity contribution is 0.340. The second-order valence-corrected chi connectivity index (χ2v) is 4.88. The highest BCUT2D eigenvalue weighted by molar-refractivity contribution is 5.50. The van der Waals surface area contributed by atoms with Crippen LogP contribution in [0, 0.1) is 17.2 Å². The Morgan fingerprint density at radius 2 is 2.41 bits per heavy atom. The second kappa shape index (κ2) is 4.34. The summed E-state index contributed by atoms with van der Waals surface area (Å²) < 4.78 is 0. The molecule has 0 bridgehead atoms. The predicted octanol–water partition coefficient (Wildman–Crippen LogP) is 1.14. The molecule has 0 unspecified atom stereocenters. The predicted molar refractivity (Wildman–Crippen MR) is 65.7 cm³/mol. The van der Waals surface area contributed by atoms with E-state index in [1.165, 1.54) is 12.8 Å². The first kappa shape index (κ1) is 10.5. The monoisotopic (exact) mass is 228 g/mol. The molecular weight excluding hydrogens is 212 g/mol. The molecule has 2 aliphatic rings. The van der Waals surface area contributed by atoms with Crippen molar-refractivity contribution in [3.63, 3.8) is 0 Å². The van der Waals surface area contributed by atoms with E-state index in [0.717, 1.165) is 31.2 Å². The van der Waals surface area contributed by atoms with E-state index in [0.29, 0.717) is 11.7 Å². The normalized spacial score (nSPS) is 27.6. The van der Waals surface area contributed by atoms with Crippen LogP contribution in [0.3, 0.4) is 0 Å². The molecule has 4 heteroatoms. The lowest BCUT2D eigenvalue weighted by Crippen LogP contribution is -2.40. The van der Waals surface area contributed by atoms with Gasteiger partial charge in [0.25, 0.3) is 0 Å². The fraction of sp³-hybridized carbons (Fsp3) is 0.538. The Bertz CT molecular complexity index is 437. The number of anilines is 1. The van der Waals surface area contributed by atoms with Gasteiger partial charge >= 0.3 is 0 Å². The third kappa shape index (κ3) is 1.98. The van der Waals surface area contributed by atoms with E-state index >= 15 is 0 Å². The van der Waals surface area contributed by atoms with Crippen LogP contribution in [0.25, 0.3) is 0 Å². The van der Waals surface area contributed by atoms with E-state index in [2.05, 4.69) is 21.3 Å². The smallest absolute Gasteiger partial charge is 0.142 e. The molecule has 0 aliphatic carbocycles. The number of nitrogens with zero attached hydrogens (tertiary/aromatic N) is 3. The van der Waals surface area contributed by atoms with Crippen LogP contribution in [0.1, 0.15) is 18.5 Å². The summed E-state index contributed by atoms with van der Waals surface area (Å²) in [6.07, 6.45) is 4.34. The van der Waals surface area contributed by atoms with Crippen molar-refractivity contribution in [3.05, 3.63) is 24.0 Å². The lowest BCUT2D eigenvalue weighted by atomic mass is 9.94. The molecule has 2 aliphatic heterocycles. The Hall–Kier alpha value is -1.60. The molecule has 3 rings (SSSR count). The number of piperidine rings is 1. The van der Waals surface area contributed by atoms with Crippen LogP contribution in [0.15, 0.2) is 18.3 Å². The van der Waals surface area contributed by atoms with Gasteiger partial charge in [0.2, 0.25) is 0 Å². The maximum absolute atomic E-state index is 8.87. The molecule has 88 valence electrons. The van der Waals surface area contributed by atoms with Gasteiger partial charge in [-0.15, -0.1) is 0 Å². The fourth-order valence-electron chi connectivity index (χ4n) is 2.93. The van der Waals surface area contributed by atoms with E-state index in [-0.39, 0.29) is 0 Å². The van der Waals surface area contributed by atoms with Crippen molar-refractivity contribution in [1.82, 2.24) is 10.3 Å². The van der Waals surface area contributed by atoms with Crippen LogP contribution in [-0.2, 0) is 0 Å². The summed E-state index contributed by atoms with van der Waals surface area (Å²) in [5, 5.41) is 12.5. The van der Waals surface area contributed by atoms with Gasteiger partial charge in [0, 0.05) is 31.0 Å². The van der Waals surface area contributed by atoms with Crippen molar-refractivity contribution in [1.29, 1.82) is 5.26 Å². The van der Waals surface area contributed by atoms with E-state index in [4.69, 9.17) is 5.26 Å². The average Bonchev–Trinajstić information content (AvgIpc) is 2.82. The van der Waals surface area contributed by atoms with Gasteiger partial charge in [0.1, 0.15) is 11.8 Å². The number of fused-ring (bicyclic) bond motifs is 1. The first-order valence-corrected chi connectivity index (χ1v) is 6.21. The standard InChI is InChI=1S/C13H16N4/c14-7-11-6-12(3-5-15-11)17-8-10-2-1-4-16-13(10)9-17/h3,5-6,10,13,16H,1-2,4,8-9H2/t10-,13+/m0/s1. The third-order valence-corrected chi connectivity index (χ3v) is 3.82. The number of pyridine rings is 1. The van der Waals surface area contributed by atoms with Crippen LogP contribution in [0.2, 0.25) is 0 Å². The van der Waals surface area contributed by atoms with Crippen molar-refractivity contribution in [2.45, 2.75) is 18.9 Å². The molecule has 2 fully saturated rings. The Balaban J connectivity index is 1.79. The number of hydrogen-bond donors (Lipinski definition) is 1. The quantitative estimate of drug-likeness (QED) is 0.783. The van der Waals surface area contributed by atoms with Crippen LogP contribution in [-0.4, -0.2) is 30.7 Å². The van der Waals surface area contributed by atoms with Crippen LogP contribution in [0.5, 0.6) is 0 Å². The van der Waals surface area contributed by atoms with Crippen LogP contribution >= 0.6 is 0 Å². The first-order chi connectivity index (χ1) is 8.36. The summed E-state index contributed by atoms with van der Waals surface area (Å²) in [7, 11) is 0. The van der Waals surface area contributed by atoms with Gasteiger partial charge in [-0.2, -0.15) is 5.26 Å². The van der Waals surface area contributed by atoms with Gasteiger partial charge in [-0.05, 0) is 37.4 Å². The topological polar surface area (TPSA) is 52.0 Å². The minimum Gasteiger partial charge on any atom is -0.369 e. The van der Waals surface area contributed by atoms with Crippen molar-refractivity contribution in [2.24, 2.45) is 5.92 Å². The van der Waals surface area contributed by atoms with Crippen LogP contribution in [0.4, 0.5) is 5.69 Å². The molecule has 0 radical (unpaired) electrons. The van der Waals surface area contributed by atoms with E-state index < -0.39 is 0 Å². The summed E-state index contributed by atoms with van der Waals surface area (Å²) >= 11 is 0. The molecule has 1 N–H and O–H groups in total. The maximum atomic E-state index is 8.87. The van der Waals surface area contributed by atoms with Crippen molar-refractivity contribution in [3.8, 4) is 6.07 Å². The van der Waals surface area contributed by atoms with Crippen LogP contribution < -0.4 is 10.2 Å². The van der Waals surface area contributed by atoms with E-state index in [9.17, 15) is 0 Å². The number of rotatable bonds is 1. The van der Waals surface area contributed by atoms with Gasteiger partial charge in [-0.3, -0.25) is 0 Å². The Kier molecular flexibility index (Phi) is 2.69. The minimum absolute atomic E-state index is 0.505. The largest absolute Gasteiger partial charge is 0.369 e. The highest BCUT2D eigenvalue weighted by Gasteiger charge is 2.34. The highest BCUT2D eigenvalue weighted by atomic mass is 15.2. The summed E-state index contributed by atoms with van der Waals surface area (Å²) in [6.45, 7) is 3.31. The molecule has 4 nitrogen and oxygen atoms in total. The minimum atomic E-state index is 0.505. The van der Waals surface area contributed by atoms with Gasteiger partial charge < -0.3 is 10.2 Å². The van der Waals surface area contributed by atoms with E-state index in [1.54, 1.807) is 6.20 Å². The number of aromatic nitrogens is 1. The zero-order chi connectivity index (χ0) is 11.7. The molecular formula is C13H16N4. The zero-order valence-electron chi connectivity index (χ0n) is 9.76. The Morgan fingerprint density at radius 1 is 1.47 bits per heavy atom. The molecule has 0 saturated carbocycles. The van der Waals surface area contributed by atoms with Crippen molar-refractivity contribution < 1.29 is 0 Å². The van der Waals surface area contributed by atoms with E-state index in [1.807, 2.05) is 12.1 Å². The third-order valence-electron chi connectivity index (χ3n) is 3.82. The maximum Gasteiger partial charge on any atom is 0.142 e. The summed E-state index contributed by atoms with van der Waals surface area (Å²) in [6, 6.07) is 6.61. The number of hydrogen-bond acceptors (Lipinski definition) is 4. The molecule has 0 aromatic carbocycles. The summed E-state index contributed by atoms with van der Waals surface area (Å²) in [5.41, 5.74) is 1.64.